The van der Waals surface area contributed by atoms with Gasteiger partial charge in [0.2, 0.25) is 5.91 Å². The summed E-state index contributed by atoms with van der Waals surface area (Å²) in [6, 6.07) is 10.5. The number of carbonyl (C=O) groups excluding carboxylic acids is 1. The van der Waals surface area contributed by atoms with Crippen LogP contribution in [0.25, 0.3) is 0 Å². The minimum absolute atomic E-state index is 0.173. The normalized spacial score (nSPS) is 23.6. The fourth-order valence-electron chi connectivity index (χ4n) is 3.39. The fourth-order valence-corrected chi connectivity index (χ4v) is 3.39. The standard InChI is InChI=1S/C17H26N4O/c1-19(15-5-3-2-4-6-15)17(22)14-20-10-7-16(13-20)21-11-8-18-9-12-21/h2-6,16,18H,7-14H2,1H3. The number of amides is 1. The summed E-state index contributed by atoms with van der Waals surface area (Å²) in [5.74, 6) is 0.173. The smallest absolute Gasteiger partial charge is 0.240 e. The Balaban J connectivity index is 1.50. The zero-order valence-electron chi connectivity index (χ0n) is 13.4. The summed E-state index contributed by atoms with van der Waals surface area (Å²) in [6.45, 7) is 7.02. The highest BCUT2D eigenvalue weighted by molar-refractivity contribution is 5.94. The molecule has 2 fully saturated rings. The molecule has 0 radical (unpaired) electrons. The van der Waals surface area contributed by atoms with Crippen LogP contribution in [0.3, 0.4) is 0 Å². The van der Waals surface area contributed by atoms with Crippen LogP contribution in [0.15, 0.2) is 30.3 Å². The number of likely N-dealkylation sites (N-methyl/N-ethyl adjacent to an activating group) is 1. The first-order valence-corrected chi connectivity index (χ1v) is 8.23. The van der Waals surface area contributed by atoms with Crippen LogP contribution in [0.2, 0.25) is 0 Å². The van der Waals surface area contributed by atoms with E-state index in [0.29, 0.717) is 12.6 Å². The van der Waals surface area contributed by atoms with E-state index in [2.05, 4.69) is 15.1 Å². The van der Waals surface area contributed by atoms with Gasteiger partial charge in [-0.3, -0.25) is 14.6 Å². The summed E-state index contributed by atoms with van der Waals surface area (Å²) in [6.07, 6.45) is 1.18. The molecule has 0 spiro atoms. The molecule has 120 valence electrons. The van der Waals surface area contributed by atoms with Gasteiger partial charge in [-0.1, -0.05) is 18.2 Å². The summed E-state index contributed by atoms with van der Waals surface area (Å²) in [7, 11) is 1.86. The van der Waals surface area contributed by atoms with E-state index in [1.165, 1.54) is 6.42 Å². The van der Waals surface area contributed by atoms with Crippen molar-refractivity contribution in [1.29, 1.82) is 0 Å². The second-order valence-corrected chi connectivity index (χ2v) is 6.25. The first-order valence-electron chi connectivity index (χ1n) is 8.23. The van der Waals surface area contributed by atoms with E-state index in [-0.39, 0.29) is 5.91 Å². The van der Waals surface area contributed by atoms with Gasteiger partial charge in [0.25, 0.3) is 0 Å². The number of hydrogen-bond donors (Lipinski definition) is 1. The zero-order valence-corrected chi connectivity index (χ0v) is 13.4. The molecule has 0 aromatic heterocycles. The Labute approximate surface area is 132 Å². The number of nitrogens with zero attached hydrogens (tertiary/aromatic N) is 3. The van der Waals surface area contributed by atoms with E-state index in [1.54, 1.807) is 4.90 Å². The van der Waals surface area contributed by atoms with Gasteiger partial charge in [-0.25, -0.2) is 0 Å². The third-order valence-corrected chi connectivity index (χ3v) is 4.79. The third kappa shape index (κ3) is 3.66. The number of anilines is 1. The Morgan fingerprint density at radius 2 is 1.95 bits per heavy atom. The summed E-state index contributed by atoms with van der Waals surface area (Å²) in [5, 5.41) is 3.40. The van der Waals surface area contributed by atoms with Crippen molar-refractivity contribution in [2.75, 3.05) is 57.8 Å². The molecule has 22 heavy (non-hydrogen) atoms. The van der Waals surface area contributed by atoms with Crippen LogP contribution in [0, 0.1) is 0 Å². The molecule has 5 heteroatoms. The van der Waals surface area contributed by atoms with Crippen LogP contribution in [0.4, 0.5) is 5.69 Å². The number of hydrogen-bond acceptors (Lipinski definition) is 4. The van der Waals surface area contributed by atoms with Gasteiger partial charge < -0.3 is 10.2 Å². The number of carbonyl (C=O) groups is 1. The molecule has 0 aliphatic carbocycles. The van der Waals surface area contributed by atoms with Crippen LogP contribution >= 0.6 is 0 Å². The topological polar surface area (TPSA) is 38.8 Å². The quantitative estimate of drug-likeness (QED) is 0.885. The highest BCUT2D eigenvalue weighted by Crippen LogP contribution is 2.17. The zero-order chi connectivity index (χ0) is 15.4. The predicted molar refractivity (Wildman–Crippen MR) is 89.1 cm³/mol. The molecule has 3 rings (SSSR count). The van der Waals surface area contributed by atoms with Crippen molar-refractivity contribution in [2.45, 2.75) is 12.5 Å². The van der Waals surface area contributed by atoms with Gasteiger partial charge in [0, 0.05) is 58.0 Å². The molecule has 1 aromatic rings. The number of para-hydroxylation sites is 1. The molecule has 5 nitrogen and oxygen atoms in total. The van der Waals surface area contributed by atoms with Crippen LogP contribution in [-0.2, 0) is 4.79 Å². The SMILES string of the molecule is CN(C(=O)CN1CCC(N2CCNCC2)C1)c1ccccc1. The van der Waals surface area contributed by atoms with Gasteiger partial charge in [-0.05, 0) is 18.6 Å². The lowest BCUT2D eigenvalue weighted by molar-refractivity contribution is -0.119. The maximum Gasteiger partial charge on any atom is 0.240 e. The molecule has 2 aliphatic heterocycles. The molecule has 2 aliphatic rings. The van der Waals surface area contributed by atoms with Crippen molar-refractivity contribution in [3.63, 3.8) is 0 Å². The van der Waals surface area contributed by atoms with Gasteiger partial charge in [0.15, 0.2) is 0 Å². The van der Waals surface area contributed by atoms with E-state index in [1.807, 2.05) is 37.4 Å². The fraction of sp³-hybridized carbons (Fsp3) is 0.588. The van der Waals surface area contributed by atoms with Crippen LogP contribution in [-0.4, -0.2) is 74.6 Å². The van der Waals surface area contributed by atoms with E-state index in [4.69, 9.17) is 0 Å². The second-order valence-electron chi connectivity index (χ2n) is 6.25. The van der Waals surface area contributed by atoms with Gasteiger partial charge in [0.05, 0.1) is 6.54 Å². The van der Waals surface area contributed by atoms with Gasteiger partial charge in [-0.15, -0.1) is 0 Å². The van der Waals surface area contributed by atoms with Crippen molar-refractivity contribution in [3.05, 3.63) is 30.3 Å². The lowest BCUT2D eigenvalue weighted by Gasteiger charge is -2.32. The predicted octanol–water partition coefficient (Wildman–Crippen LogP) is 0.629. The number of nitrogens with one attached hydrogen (secondary N) is 1. The van der Waals surface area contributed by atoms with Crippen LogP contribution in [0.1, 0.15) is 6.42 Å². The summed E-state index contributed by atoms with van der Waals surface area (Å²) >= 11 is 0. The molecule has 1 amide bonds. The molecular weight excluding hydrogens is 276 g/mol. The lowest BCUT2D eigenvalue weighted by atomic mass is 10.2. The average molecular weight is 302 g/mol. The van der Waals surface area contributed by atoms with E-state index in [0.717, 1.165) is 45.0 Å². The van der Waals surface area contributed by atoms with E-state index < -0.39 is 0 Å². The third-order valence-electron chi connectivity index (χ3n) is 4.79. The number of likely N-dealkylation sites (tertiary alicyclic amines) is 1. The van der Waals surface area contributed by atoms with E-state index in [9.17, 15) is 4.79 Å². The minimum atomic E-state index is 0.173. The highest BCUT2D eigenvalue weighted by atomic mass is 16.2. The second kappa shape index (κ2) is 7.22. The van der Waals surface area contributed by atoms with Crippen molar-refractivity contribution in [3.8, 4) is 0 Å². The molecule has 1 atom stereocenters. The molecule has 1 N–H and O–H groups in total. The molecule has 1 aromatic carbocycles. The van der Waals surface area contributed by atoms with Crippen LogP contribution in [0.5, 0.6) is 0 Å². The Morgan fingerprint density at radius 1 is 1.23 bits per heavy atom. The number of rotatable bonds is 4. The van der Waals surface area contributed by atoms with Crippen LogP contribution < -0.4 is 10.2 Å². The van der Waals surface area contributed by atoms with E-state index >= 15 is 0 Å². The first kappa shape index (κ1) is 15.5. The Bertz CT molecular complexity index is 487. The molecule has 0 saturated carbocycles. The monoisotopic (exact) mass is 302 g/mol. The molecule has 0 bridgehead atoms. The summed E-state index contributed by atoms with van der Waals surface area (Å²) < 4.78 is 0. The Morgan fingerprint density at radius 3 is 2.68 bits per heavy atom. The lowest BCUT2D eigenvalue weighted by Crippen LogP contribution is -2.49. The highest BCUT2D eigenvalue weighted by Gasteiger charge is 2.29. The maximum absolute atomic E-state index is 12.4. The molecule has 2 heterocycles. The van der Waals surface area contributed by atoms with Gasteiger partial charge >= 0.3 is 0 Å². The summed E-state index contributed by atoms with van der Waals surface area (Å²) in [4.78, 5) is 19.1. The summed E-state index contributed by atoms with van der Waals surface area (Å²) in [5.41, 5.74) is 0.963. The van der Waals surface area contributed by atoms with Gasteiger partial charge in [-0.2, -0.15) is 0 Å². The Kier molecular flexibility index (Phi) is 5.08. The van der Waals surface area contributed by atoms with Crippen molar-refractivity contribution in [2.24, 2.45) is 0 Å². The Hall–Kier alpha value is -1.43. The number of piperazine rings is 1. The van der Waals surface area contributed by atoms with Crippen molar-refractivity contribution in [1.82, 2.24) is 15.1 Å². The average Bonchev–Trinajstić information content (AvgIpc) is 3.04. The number of benzene rings is 1. The molecule has 1 unspecified atom stereocenters. The maximum atomic E-state index is 12.4. The molecular formula is C17H26N4O. The van der Waals surface area contributed by atoms with Crippen molar-refractivity contribution >= 4 is 11.6 Å². The molecule has 2 saturated heterocycles. The minimum Gasteiger partial charge on any atom is -0.314 e. The van der Waals surface area contributed by atoms with Gasteiger partial charge in [0.1, 0.15) is 0 Å². The largest absolute Gasteiger partial charge is 0.314 e. The van der Waals surface area contributed by atoms with Crippen molar-refractivity contribution < 1.29 is 4.79 Å². The first-order chi connectivity index (χ1) is 10.7.